The van der Waals surface area contributed by atoms with Crippen molar-refractivity contribution in [3.8, 4) is 11.3 Å². The number of oxazole rings is 1. The van der Waals surface area contributed by atoms with Gasteiger partial charge in [-0.15, -0.1) is 0 Å². The minimum atomic E-state index is -0.546. The van der Waals surface area contributed by atoms with Gasteiger partial charge in [-0.3, -0.25) is 9.59 Å². The average Bonchev–Trinajstić information content (AvgIpc) is 3.13. The van der Waals surface area contributed by atoms with Crippen molar-refractivity contribution in [2.45, 2.75) is 19.3 Å². The van der Waals surface area contributed by atoms with Crippen LogP contribution in [0, 0.1) is 11.6 Å². The summed E-state index contributed by atoms with van der Waals surface area (Å²) in [7, 11) is 0. The third-order valence-electron chi connectivity index (χ3n) is 5.49. The molecule has 0 radical (unpaired) electrons. The molecular formula is C24H23F2N3O3. The van der Waals surface area contributed by atoms with Gasteiger partial charge >= 0.3 is 0 Å². The molecule has 0 bridgehead atoms. The number of hydrogen-bond donors (Lipinski definition) is 0. The lowest BCUT2D eigenvalue weighted by molar-refractivity contribution is -0.131. The van der Waals surface area contributed by atoms with E-state index in [1.807, 2.05) is 0 Å². The molecule has 1 aliphatic rings. The average molecular weight is 439 g/mol. The smallest absolute Gasteiger partial charge is 0.256 e. The Morgan fingerprint density at radius 1 is 0.906 bits per heavy atom. The number of aryl methyl sites for hydroxylation is 1. The summed E-state index contributed by atoms with van der Waals surface area (Å²) >= 11 is 0. The number of carbonyl (C=O) groups is 2. The molecule has 166 valence electrons. The molecule has 32 heavy (non-hydrogen) atoms. The maximum absolute atomic E-state index is 13.9. The summed E-state index contributed by atoms with van der Waals surface area (Å²) in [6, 6.07) is 12.2. The topological polar surface area (TPSA) is 66.7 Å². The number of benzene rings is 2. The molecule has 0 saturated carbocycles. The number of nitrogens with zero attached hydrogens (tertiary/aromatic N) is 3. The normalized spacial score (nSPS) is 14.3. The van der Waals surface area contributed by atoms with Crippen LogP contribution in [0.3, 0.4) is 0 Å². The van der Waals surface area contributed by atoms with Crippen LogP contribution in [-0.2, 0) is 11.2 Å². The molecule has 1 fully saturated rings. The summed E-state index contributed by atoms with van der Waals surface area (Å²) in [6.45, 7) is 1.70. The molecule has 8 heteroatoms. The Morgan fingerprint density at radius 2 is 1.59 bits per heavy atom. The molecule has 1 aromatic heterocycles. The van der Waals surface area contributed by atoms with Crippen LogP contribution in [0.2, 0.25) is 0 Å². The summed E-state index contributed by atoms with van der Waals surface area (Å²) in [6.07, 6.45) is 2.55. The zero-order valence-electron chi connectivity index (χ0n) is 17.5. The largest absolute Gasteiger partial charge is 0.441 e. The predicted octanol–water partition coefficient (Wildman–Crippen LogP) is 3.93. The Balaban J connectivity index is 1.32. The molecule has 2 aromatic carbocycles. The van der Waals surface area contributed by atoms with Gasteiger partial charge in [-0.1, -0.05) is 24.3 Å². The lowest BCUT2D eigenvalue weighted by Crippen LogP contribution is -2.37. The van der Waals surface area contributed by atoms with E-state index in [4.69, 9.17) is 4.42 Å². The fraction of sp³-hybridized carbons (Fsp3) is 0.292. The third-order valence-corrected chi connectivity index (χ3v) is 5.49. The number of amides is 2. The van der Waals surface area contributed by atoms with Crippen LogP contribution in [0.15, 0.2) is 59.1 Å². The Labute approximate surface area is 184 Å². The molecule has 0 aliphatic carbocycles. The van der Waals surface area contributed by atoms with Crippen LogP contribution < -0.4 is 0 Å². The van der Waals surface area contributed by atoms with Gasteiger partial charge in [0.25, 0.3) is 5.91 Å². The van der Waals surface area contributed by atoms with E-state index in [0.29, 0.717) is 56.2 Å². The van der Waals surface area contributed by atoms with Gasteiger partial charge in [0.05, 0.1) is 17.3 Å². The van der Waals surface area contributed by atoms with E-state index >= 15 is 0 Å². The number of carbonyl (C=O) groups excluding carboxylic acids is 2. The Bertz CT molecular complexity index is 1120. The first-order valence-corrected chi connectivity index (χ1v) is 10.5. The van der Waals surface area contributed by atoms with Gasteiger partial charge in [-0.05, 0) is 30.7 Å². The molecule has 0 unspecified atom stereocenters. The second-order valence-corrected chi connectivity index (χ2v) is 7.60. The van der Waals surface area contributed by atoms with Crippen molar-refractivity contribution < 1.29 is 22.8 Å². The molecule has 6 nitrogen and oxygen atoms in total. The number of aromatic nitrogens is 1. The standard InChI is InChI=1S/C24H23F2N3O3/c25-19-8-3-1-6-17(19)21-16-27-22(32-21)10-11-23(30)28-12-5-13-29(15-14-28)24(31)18-7-2-4-9-20(18)26/h1-4,6-9,16H,5,10-15H2. The Kier molecular flexibility index (Phi) is 6.58. The van der Waals surface area contributed by atoms with E-state index in [0.717, 1.165) is 0 Å². The van der Waals surface area contributed by atoms with Crippen LogP contribution in [0.4, 0.5) is 8.78 Å². The van der Waals surface area contributed by atoms with Gasteiger partial charge in [0, 0.05) is 39.0 Å². The van der Waals surface area contributed by atoms with Gasteiger partial charge in [-0.2, -0.15) is 0 Å². The highest BCUT2D eigenvalue weighted by molar-refractivity contribution is 5.94. The van der Waals surface area contributed by atoms with Gasteiger partial charge in [-0.25, -0.2) is 13.8 Å². The number of hydrogen-bond acceptors (Lipinski definition) is 4. The summed E-state index contributed by atoms with van der Waals surface area (Å²) in [5, 5.41) is 0. The molecule has 1 saturated heterocycles. The second-order valence-electron chi connectivity index (χ2n) is 7.60. The molecule has 1 aliphatic heterocycles. The van der Waals surface area contributed by atoms with Crippen molar-refractivity contribution in [2.24, 2.45) is 0 Å². The Hall–Kier alpha value is -3.55. The minimum Gasteiger partial charge on any atom is -0.441 e. The monoisotopic (exact) mass is 439 g/mol. The fourth-order valence-corrected chi connectivity index (χ4v) is 3.76. The molecule has 2 heterocycles. The van der Waals surface area contributed by atoms with Gasteiger partial charge in [0.2, 0.25) is 5.91 Å². The van der Waals surface area contributed by atoms with Crippen LogP contribution in [0.1, 0.15) is 29.1 Å². The van der Waals surface area contributed by atoms with Gasteiger partial charge in [0.1, 0.15) is 11.6 Å². The van der Waals surface area contributed by atoms with E-state index in [1.54, 1.807) is 40.1 Å². The van der Waals surface area contributed by atoms with Crippen LogP contribution in [0.5, 0.6) is 0 Å². The minimum absolute atomic E-state index is 0.0434. The quantitative estimate of drug-likeness (QED) is 0.604. The lowest BCUT2D eigenvalue weighted by Gasteiger charge is -2.22. The zero-order valence-corrected chi connectivity index (χ0v) is 17.5. The lowest BCUT2D eigenvalue weighted by atomic mass is 10.2. The van der Waals surface area contributed by atoms with Crippen molar-refractivity contribution >= 4 is 11.8 Å². The van der Waals surface area contributed by atoms with Crippen LogP contribution >= 0.6 is 0 Å². The zero-order chi connectivity index (χ0) is 22.5. The highest BCUT2D eigenvalue weighted by atomic mass is 19.1. The predicted molar refractivity (Wildman–Crippen MR) is 114 cm³/mol. The third kappa shape index (κ3) is 4.85. The maximum Gasteiger partial charge on any atom is 0.256 e. The van der Waals surface area contributed by atoms with Crippen molar-refractivity contribution in [1.82, 2.24) is 14.8 Å². The van der Waals surface area contributed by atoms with Gasteiger partial charge in [0.15, 0.2) is 11.7 Å². The molecule has 0 atom stereocenters. The Morgan fingerprint density at radius 3 is 2.38 bits per heavy atom. The van der Waals surface area contributed by atoms with E-state index in [-0.39, 0.29) is 23.8 Å². The summed E-state index contributed by atoms with van der Waals surface area (Å²) in [5.74, 6) is -0.695. The first kappa shape index (κ1) is 21.7. The van der Waals surface area contributed by atoms with Crippen molar-refractivity contribution in [3.05, 3.63) is 77.8 Å². The first-order valence-electron chi connectivity index (χ1n) is 10.5. The molecule has 4 rings (SSSR count). The molecule has 2 amide bonds. The summed E-state index contributed by atoms with van der Waals surface area (Å²) in [5.41, 5.74) is 0.367. The van der Waals surface area contributed by atoms with E-state index in [9.17, 15) is 18.4 Å². The number of halogens is 2. The summed E-state index contributed by atoms with van der Waals surface area (Å²) in [4.78, 5) is 32.8. The fourth-order valence-electron chi connectivity index (χ4n) is 3.76. The van der Waals surface area contributed by atoms with E-state index < -0.39 is 11.6 Å². The molecule has 3 aromatic rings. The van der Waals surface area contributed by atoms with Crippen molar-refractivity contribution in [1.29, 1.82) is 0 Å². The SMILES string of the molecule is O=C(CCc1ncc(-c2ccccc2F)o1)N1CCCN(C(=O)c2ccccc2F)CC1. The maximum atomic E-state index is 13.9. The first-order chi connectivity index (χ1) is 15.5. The highest BCUT2D eigenvalue weighted by Gasteiger charge is 2.24. The second kappa shape index (κ2) is 9.72. The molecular weight excluding hydrogens is 416 g/mol. The van der Waals surface area contributed by atoms with Crippen LogP contribution in [-0.4, -0.2) is 52.8 Å². The summed E-state index contributed by atoms with van der Waals surface area (Å²) < 4.78 is 33.5. The van der Waals surface area contributed by atoms with Crippen molar-refractivity contribution in [3.63, 3.8) is 0 Å². The highest BCUT2D eigenvalue weighted by Crippen LogP contribution is 2.23. The number of rotatable bonds is 5. The molecule has 0 N–H and O–H groups in total. The van der Waals surface area contributed by atoms with Gasteiger partial charge < -0.3 is 14.2 Å². The molecule has 0 spiro atoms. The van der Waals surface area contributed by atoms with E-state index in [2.05, 4.69) is 4.98 Å². The van der Waals surface area contributed by atoms with Crippen LogP contribution in [0.25, 0.3) is 11.3 Å². The van der Waals surface area contributed by atoms with E-state index in [1.165, 1.54) is 24.4 Å². The van der Waals surface area contributed by atoms with Crippen molar-refractivity contribution in [2.75, 3.05) is 26.2 Å².